The maximum absolute atomic E-state index is 12.5. The van der Waals surface area contributed by atoms with Gasteiger partial charge in [-0.25, -0.2) is 13.2 Å². The van der Waals surface area contributed by atoms with Gasteiger partial charge in [-0.2, -0.15) is 4.31 Å². The lowest BCUT2D eigenvalue weighted by atomic mass is 10.1. The Morgan fingerprint density at radius 3 is 2.24 bits per heavy atom. The van der Waals surface area contributed by atoms with E-state index >= 15 is 0 Å². The van der Waals surface area contributed by atoms with Gasteiger partial charge in [0.25, 0.3) is 17.5 Å². The average molecular weight is 478 g/mol. The van der Waals surface area contributed by atoms with Crippen LogP contribution in [0.5, 0.6) is 0 Å². The molecule has 0 saturated carbocycles. The number of sulfonamides is 1. The van der Waals surface area contributed by atoms with E-state index in [9.17, 15) is 32.9 Å². The zero-order valence-electron chi connectivity index (χ0n) is 18.0. The van der Waals surface area contributed by atoms with Gasteiger partial charge in [-0.1, -0.05) is 17.7 Å². The number of nitro benzene ring substituents is 1. The van der Waals surface area contributed by atoms with Crippen molar-refractivity contribution >= 4 is 33.5 Å². The van der Waals surface area contributed by atoms with E-state index < -0.39 is 45.0 Å². The minimum Gasteiger partial charge on any atom is -0.462 e. The van der Waals surface area contributed by atoms with Crippen LogP contribution in [0, 0.1) is 17.0 Å². The number of likely N-dealkylation sites (N-methyl/N-ethyl adjacent to an activating group) is 1. The summed E-state index contributed by atoms with van der Waals surface area (Å²) >= 11 is 0. The summed E-state index contributed by atoms with van der Waals surface area (Å²) in [5.41, 5.74) is 3.91. The van der Waals surface area contributed by atoms with Crippen molar-refractivity contribution < 1.29 is 32.5 Å². The van der Waals surface area contributed by atoms with Gasteiger partial charge in [-0.3, -0.25) is 30.6 Å². The fraction of sp³-hybridized carbons (Fsp3) is 0.250. The average Bonchev–Trinajstić information content (AvgIpc) is 2.77. The number of carbonyl (C=O) groups excluding carboxylic acids is 3. The van der Waals surface area contributed by atoms with Gasteiger partial charge in [0.05, 0.1) is 28.5 Å². The van der Waals surface area contributed by atoms with Crippen molar-refractivity contribution in [3.8, 4) is 0 Å². The highest BCUT2D eigenvalue weighted by molar-refractivity contribution is 7.89. The molecule has 2 rings (SSSR count). The molecule has 12 nitrogen and oxygen atoms in total. The van der Waals surface area contributed by atoms with Crippen LogP contribution in [0.25, 0.3) is 0 Å². The second kappa shape index (κ2) is 10.7. The van der Waals surface area contributed by atoms with Gasteiger partial charge in [-0.05, 0) is 32.0 Å². The molecular formula is C20H22N4O8S. The van der Waals surface area contributed by atoms with Gasteiger partial charge in [-0.15, -0.1) is 0 Å². The number of nitrogens with one attached hydrogen (secondary N) is 2. The van der Waals surface area contributed by atoms with E-state index in [0.717, 1.165) is 28.1 Å². The highest BCUT2D eigenvalue weighted by Crippen LogP contribution is 2.18. The van der Waals surface area contributed by atoms with Crippen LogP contribution in [-0.2, 0) is 19.6 Å². The highest BCUT2D eigenvalue weighted by atomic mass is 32.2. The van der Waals surface area contributed by atoms with Crippen LogP contribution in [0.1, 0.15) is 33.2 Å². The minimum absolute atomic E-state index is 0.00414. The lowest BCUT2D eigenvalue weighted by molar-refractivity contribution is -0.384. The molecule has 2 aromatic rings. The van der Waals surface area contributed by atoms with Crippen LogP contribution in [0.4, 0.5) is 5.69 Å². The third-order valence-electron chi connectivity index (χ3n) is 4.31. The van der Waals surface area contributed by atoms with Gasteiger partial charge >= 0.3 is 5.97 Å². The summed E-state index contributed by atoms with van der Waals surface area (Å²) < 4.78 is 30.7. The van der Waals surface area contributed by atoms with Crippen LogP contribution in [0.2, 0.25) is 0 Å². The number of hydrogen-bond acceptors (Lipinski definition) is 8. The molecule has 0 bridgehead atoms. The molecule has 2 aromatic carbocycles. The topological polar surface area (TPSA) is 165 Å². The van der Waals surface area contributed by atoms with E-state index in [2.05, 4.69) is 0 Å². The molecule has 33 heavy (non-hydrogen) atoms. The fourth-order valence-electron chi connectivity index (χ4n) is 2.60. The summed E-state index contributed by atoms with van der Waals surface area (Å²) in [7, 11) is -2.75. The lowest BCUT2D eigenvalue weighted by Gasteiger charge is -2.17. The normalized spacial score (nSPS) is 11.0. The number of hydrogen-bond donors (Lipinski definition) is 2. The number of carbonyl (C=O) groups is 3. The van der Waals surface area contributed by atoms with E-state index in [1.165, 1.54) is 19.2 Å². The standard InChI is InChI=1S/C20H22N4O8S/c1-4-32-20(27)15-9-14(10-16(11-15)24(28)29)19(26)22-21-18(25)12-23(3)33(30,31)17-7-5-13(2)6-8-17/h5-11H,4,12H2,1-3H3,(H,21,25)(H,22,26). The molecule has 2 N–H and O–H groups in total. The van der Waals surface area contributed by atoms with Crippen molar-refractivity contribution in [2.24, 2.45) is 0 Å². The van der Waals surface area contributed by atoms with Gasteiger partial charge in [0.15, 0.2) is 0 Å². The maximum atomic E-state index is 12.5. The van der Waals surface area contributed by atoms with Gasteiger partial charge in [0.2, 0.25) is 10.0 Å². The summed E-state index contributed by atoms with van der Waals surface area (Å²) in [4.78, 5) is 46.7. The third-order valence-corrected chi connectivity index (χ3v) is 6.13. The molecule has 0 unspecified atom stereocenters. The molecule has 0 aromatic heterocycles. The largest absolute Gasteiger partial charge is 0.462 e. The van der Waals surface area contributed by atoms with E-state index in [0.29, 0.717) is 0 Å². The molecule has 0 saturated heterocycles. The van der Waals surface area contributed by atoms with Crippen LogP contribution in [-0.4, -0.2) is 55.6 Å². The molecule has 0 aliphatic heterocycles. The van der Waals surface area contributed by atoms with Crippen molar-refractivity contribution in [2.45, 2.75) is 18.7 Å². The molecule has 0 aliphatic rings. The smallest absolute Gasteiger partial charge is 0.338 e. The fourth-order valence-corrected chi connectivity index (χ4v) is 3.72. The monoisotopic (exact) mass is 478 g/mol. The Morgan fingerprint density at radius 1 is 1.06 bits per heavy atom. The van der Waals surface area contributed by atoms with Crippen molar-refractivity contribution in [3.05, 3.63) is 69.3 Å². The van der Waals surface area contributed by atoms with Gasteiger partial charge in [0, 0.05) is 24.7 Å². The highest BCUT2D eigenvalue weighted by Gasteiger charge is 2.23. The number of ether oxygens (including phenoxy) is 1. The molecule has 176 valence electrons. The van der Waals surface area contributed by atoms with Gasteiger partial charge in [0.1, 0.15) is 0 Å². The van der Waals surface area contributed by atoms with E-state index in [1.54, 1.807) is 26.0 Å². The van der Waals surface area contributed by atoms with Crippen LogP contribution in [0.15, 0.2) is 47.4 Å². The molecule has 0 heterocycles. The molecular weight excluding hydrogens is 456 g/mol. The number of nitro groups is 1. The summed E-state index contributed by atoms with van der Waals surface area (Å²) in [5.74, 6) is -2.68. The Balaban J connectivity index is 2.07. The van der Waals surface area contributed by atoms with Crippen molar-refractivity contribution in [1.29, 1.82) is 0 Å². The predicted octanol–water partition coefficient (Wildman–Crippen LogP) is 1.16. The molecule has 0 radical (unpaired) electrons. The maximum Gasteiger partial charge on any atom is 0.338 e. The number of aryl methyl sites for hydroxylation is 1. The summed E-state index contributed by atoms with van der Waals surface area (Å²) in [6.45, 7) is 2.76. The molecule has 0 aliphatic carbocycles. The second-order valence-electron chi connectivity index (χ2n) is 6.82. The molecule has 0 spiro atoms. The SMILES string of the molecule is CCOC(=O)c1cc(C(=O)NNC(=O)CN(C)S(=O)(=O)c2ccc(C)cc2)cc([N+](=O)[O-])c1. The number of esters is 1. The number of nitrogens with zero attached hydrogens (tertiary/aromatic N) is 2. The first-order valence-corrected chi connectivity index (χ1v) is 11.0. The summed E-state index contributed by atoms with van der Waals surface area (Å²) in [5, 5.41) is 11.1. The second-order valence-corrected chi connectivity index (χ2v) is 8.87. The summed E-state index contributed by atoms with van der Waals surface area (Å²) in [6, 6.07) is 8.99. The first-order chi connectivity index (χ1) is 15.4. The van der Waals surface area contributed by atoms with Gasteiger partial charge < -0.3 is 4.74 Å². The van der Waals surface area contributed by atoms with E-state index in [4.69, 9.17) is 4.74 Å². The quantitative estimate of drug-likeness (QED) is 0.324. The number of benzene rings is 2. The van der Waals surface area contributed by atoms with Crippen LogP contribution < -0.4 is 10.9 Å². The first-order valence-electron chi connectivity index (χ1n) is 9.54. The minimum atomic E-state index is -3.94. The van der Waals surface area contributed by atoms with Crippen molar-refractivity contribution in [1.82, 2.24) is 15.2 Å². The van der Waals surface area contributed by atoms with Crippen LogP contribution in [0.3, 0.4) is 0 Å². The predicted molar refractivity (Wildman–Crippen MR) is 116 cm³/mol. The number of amides is 2. The summed E-state index contributed by atoms with van der Waals surface area (Å²) in [6.07, 6.45) is 0. The number of non-ortho nitro benzene ring substituents is 1. The molecule has 13 heteroatoms. The number of hydrazine groups is 1. The molecule has 0 atom stereocenters. The Morgan fingerprint density at radius 2 is 1.67 bits per heavy atom. The molecule has 0 fully saturated rings. The zero-order chi connectivity index (χ0) is 24.8. The van der Waals surface area contributed by atoms with Crippen LogP contribution >= 0.6 is 0 Å². The number of rotatable bonds is 8. The van der Waals surface area contributed by atoms with E-state index in [1.807, 2.05) is 10.9 Å². The Labute approximate surface area is 189 Å². The Hall–Kier alpha value is -3.84. The zero-order valence-corrected chi connectivity index (χ0v) is 18.8. The van der Waals surface area contributed by atoms with E-state index in [-0.39, 0.29) is 22.6 Å². The third kappa shape index (κ3) is 6.57. The molecule has 2 amide bonds. The van der Waals surface area contributed by atoms with Crippen molar-refractivity contribution in [2.75, 3.05) is 20.2 Å². The van der Waals surface area contributed by atoms with Crippen molar-refractivity contribution in [3.63, 3.8) is 0 Å². The first kappa shape index (κ1) is 25.4. The Bertz CT molecular complexity index is 1180. The Kier molecular flexibility index (Phi) is 8.21. The lowest BCUT2D eigenvalue weighted by Crippen LogP contribution is -2.46.